The molecule has 5 rings (SSSR count). The molecule has 0 aliphatic carbocycles. The first-order valence-electron chi connectivity index (χ1n) is 9.25. The van der Waals surface area contributed by atoms with E-state index in [1.54, 1.807) is 19.5 Å². The summed E-state index contributed by atoms with van der Waals surface area (Å²) in [5.41, 5.74) is 3.99. The monoisotopic (exact) mass is 429 g/mol. The molecule has 5 aromatic rings. The van der Waals surface area contributed by atoms with Gasteiger partial charge in [-0.25, -0.2) is 9.97 Å². The lowest BCUT2D eigenvalue weighted by Gasteiger charge is -2.11. The number of rotatable bonds is 5. The highest BCUT2D eigenvalue weighted by atomic mass is 32.1. The van der Waals surface area contributed by atoms with Crippen molar-refractivity contribution in [2.45, 2.75) is 0 Å². The highest BCUT2D eigenvalue weighted by Crippen LogP contribution is 2.32. The number of thiazole rings is 1. The number of carbonyl (C=O) groups is 1. The van der Waals surface area contributed by atoms with E-state index in [9.17, 15) is 4.79 Å². The lowest BCUT2D eigenvalue weighted by molar-refractivity contribution is 0.102. The molecule has 10 heteroatoms. The summed E-state index contributed by atoms with van der Waals surface area (Å²) in [5, 5.41) is 17.9. The van der Waals surface area contributed by atoms with E-state index in [4.69, 9.17) is 4.74 Å². The molecule has 0 fully saturated rings. The van der Waals surface area contributed by atoms with Crippen LogP contribution in [-0.4, -0.2) is 43.4 Å². The average molecular weight is 429 g/mol. The number of pyridine rings is 1. The number of methoxy groups -OCH3 is 1. The number of nitrogens with zero attached hydrogens (tertiary/aromatic N) is 5. The first kappa shape index (κ1) is 18.8. The number of amides is 1. The van der Waals surface area contributed by atoms with Crippen molar-refractivity contribution in [3.8, 4) is 28.3 Å². The number of carbonyl (C=O) groups excluding carboxylic acids is 1. The Kier molecular flexibility index (Phi) is 4.81. The smallest absolute Gasteiger partial charge is 0.259 e. The van der Waals surface area contributed by atoms with E-state index in [0.29, 0.717) is 32.4 Å². The van der Waals surface area contributed by atoms with E-state index in [0.717, 1.165) is 17.0 Å². The van der Waals surface area contributed by atoms with Gasteiger partial charge in [-0.15, -0.1) is 0 Å². The Morgan fingerprint density at radius 2 is 1.90 bits per heavy atom. The van der Waals surface area contributed by atoms with Gasteiger partial charge in [0.1, 0.15) is 16.1 Å². The number of nitrogens with one attached hydrogen (secondary N) is 2. The predicted molar refractivity (Wildman–Crippen MR) is 117 cm³/mol. The van der Waals surface area contributed by atoms with E-state index >= 15 is 0 Å². The number of H-pyrrole nitrogens is 1. The van der Waals surface area contributed by atoms with Crippen LogP contribution in [0.15, 0.2) is 61.1 Å². The summed E-state index contributed by atoms with van der Waals surface area (Å²) < 4.78 is 5.43. The number of ether oxygens (including phenoxy) is 1. The molecule has 0 spiro atoms. The summed E-state index contributed by atoms with van der Waals surface area (Å²) in [5.74, 6) is 0.295. The van der Waals surface area contributed by atoms with E-state index in [1.807, 2.05) is 42.5 Å². The molecule has 4 aromatic heterocycles. The lowest BCUT2D eigenvalue weighted by Crippen LogP contribution is -2.14. The third-order valence-corrected chi connectivity index (χ3v) is 5.51. The van der Waals surface area contributed by atoms with E-state index in [2.05, 4.69) is 35.7 Å². The number of hydrogen-bond acceptors (Lipinski definition) is 8. The SMILES string of the molecule is COc1ccccc1-c1cnncc1C(=O)Nc1nc2ccc(-c3ccn[nH]3)nc2s1. The van der Waals surface area contributed by atoms with Crippen LogP contribution >= 0.6 is 11.3 Å². The van der Waals surface area contributed by atoms with Gasteiger partial charge in [0.25, 0.3) is 5.91 Å². The largest absolute Gasteiger partial charge is 0.496 e. The number of fused-ring (bicyclic) bond motifs is 1. The van der Waals surface area contributed by atoms with Crippen molar-refractivity contribution in [2.24, 2.45) is 0 Å². The Morgan fingerprint density at radius 1 is 1.03 bits per heavy atom. The zero-order valence-corrected chi connectivity index (χ0v) is 17.1. The number of para-hydroxylation sites is 1. The molecule has 1 aromatic carbocycles. The predicted octanol–water partition coefficient (Wildman–Crippen LogP) is 3.80. The standard InChI is InChI=1S/C21H15N7O2S/c1-30-18-5-3-2-4-12(18)13-10-23-24-11-14(13)19(29)27-21-26-17-7-6-15(25-20(17)31-21)16-8-9-22-28-16/h2-11H,1H3,(H,22,28)(H,26,27,29). The highest BCUT2D eigenvalue weighted by Gasteiger charge is 2.18. The second-order valence-electron chi connectivity index (χ2n) is 6.48. The van der Waals surface area contributed by atoms with Gasteiger partial charge in [-0.1, -0.05) is 29.5 Å². The number of aromatic amines is 1. The lowest BCUT2D eigenvalue weighted by atomic mass is 10.0. The van der Waals surface area contributed by atoms with Gasteiger partial charge in [0.15, 0.2) is 5.13 Å². The molecule has 0 atom stereocenters. The minimum Gasteiger partial charge on any atom is -0.496 e. The van der Waals surface area contributed by atoms with Gasteiger partial charge >= 0.3 is 0 Å². The summed E-state index contributed by atoms with van der Waals surface area (Å²) in [7, 11) is 1.58. The minimum atomic E-state index is -0.344. The Hall–Kier alpha value is -4.18. The van der Waals surface area contributed by atoms with Gasteiger partial charge in [0.05, 0.1) is 36.5 Å². The van der Waals surface area contributed by atoms with Crippen molar-refractivity contribution in [1.82, 2.24) is 30.4 Å². The van der Waals surface area contributed by atoms with Crippen LogP contribution in [0.5, 0.6) is 5.75 Å². The Morgan fingerprint density at radius 3 is 2.74 bits per heavy atom. The van der Waals surface area contributed by atoms with Gasteiger partial charge in [0.2, 0.25) is 0 Å². The summed E-state index contributed by atoms with van der Waals surface area (Å²) in [6, 6.07) is 13.0. The fraction of sp³-hybridized carbons (Fsp3) is 0.0476. The highest BCUT2D eigenvalue weighted by molar-refractivity contribution is 7.22. The molecular formula is C21H15N7O2S. The molecule has 4 heterocycles. The second-order valence-corrected chi connectivity index (χ2v) is 7.46. The van der Waals surface area contributed by atoms with Gasteiger partial charge < -0.3 is 4.74 Å². The maximum Gasteiger partial charge on any atom is 0.259 e. The van der Waals surface area contributed by atoms with Gasteiger partial charge in [0, 0.05) is 17.3 Å². The first-order valence-corrected chi connectivity index (χ1v) is 10.1. The van der Waals surface area contributed by atoms with Crippen LogP contribution in [0.3, 0.4) is 0 Å². The average Bonchev–Trinajstić information content (AvgIpc) is 3.48. The third-order valence-electron chi connectivity index (χ3n) is 4.62. The van der Waals surface area contributed by atoms with Crippen molar-refractivity contribution in [3.63, 3.8) is 0 Å². The van der Waals surface area contributed by atoms with Crippen LogP contribution < -0.4 is 10.1 Å². The molecular weight excluding hydrogens is 414 g/mol. The van der Waals surface area contributed by atoms with Crippen LogP contribution in [0, 0.1) is 0 Å². The van der Waals surface area contributed by atoms with Crippen LogP contribution in [0.1, 0.15) is 10.4 Å². The maximum absolute atomic E-state index is 13.1. The zero-order chi connectivity index (χ0) is 21.2. The van der Waals surface area contributed by atoms with Crippen molar-refractivity contribution in [3.05, 3.63) is 66.6 Å². The molecule has 2 N–H and O–H groups in total. The van der Waals surface area contributed by atoms with Crippen LogP contribution in [0.25, 0.3) is 32.9 Å². The molecule has 0 aliphatic rings. The number of anilines is 1. The summed E-state index contributed by atoms with van der Waals surface area (Å²) in [4.78, 5) is 22.8. The molecule has 0 saturated carbocycles. The van der Waals surface area contributed by atoms with Crippen LogP contribution in [-0.2, 0) is 0 Å². The fourth-order valence-corrected chi connectivity index (χ4v) is 4.00. The summed E-state index contributed by atoms with van der Waals surface area (Å²) in [6.07, 6.45) is 4.64. The normalized spacial score (nSPS) is 10.9. The van der Waals surface area contributed by atoms with Crippen molar-refractivity contribution < 1.29 is 9.53 Å². The van der Waals surface area contributed by atoms with Gasteiger partial charge in [-0.05, 0) is 24.3 Å². The molecule has 0 unspecified atom stereocenters. The van der Waals surface area contributed by atoms with Crippen molar-refractivity contribution in [1.29, 1.82) is 0 Å². The number of benzene rings is 1. The Balaban J connectivity index is 1.46. The maximum atomic E-state index is 13.1. The number of hydrogen-bond donors (Lipinski definition) is 2. The second kappa shape index (κ2) is 7.92. The molecule has 0 aliphatic heterocycles. The summed E-state index contributed by atoms with van der Waals surface area (Å²) in [6.45, 7) is 0. The number of aromatic nitrogens is 6. The minimum absolute atomic E-state index is 0.344. The van der Waals surface area contributed by atoms with E-state index in [-0.39, 0.29) is 5.91 Å². The van der Waals surface area contributed by atoms with Crippen LogP contribution in [0.4, 0.5) is 5.13 Å². The van der Waals surface area contributed by atoms with E-state index in [1.165, 1.54) is 17.5 Å². The molecule has 1 amide bonds. The van der Waals surface area contributed by atoms with Crippen LogP contribution in [0.2, 0.25) is 0 Å². The molecule has 31 heavy (non-hydrogen) atoms. The quantitative estimate of drug-likeness (QED) is 0.436. The van der Waals surface area contributed by atoms with Gasteiger partial charge in [-0.2, -0.15) is 15.3 Å². The Labute approximate surface area is 180 Å². The molecule has 9 nitrogen and oxygen atoms in total. The van der Waals surface area contributed by atoms with Crippen molar-refractivity contribution >= 4 is 32.7 Å². The topological polar surface area (TPSA) is 119 Å². The first-order chi connectivity index (χ1) is 15.2. The van der Waals surface area contributed by atoms with Gasteiger partial charge in [-0.3, -0.25) is 15.2 Å². The third kappa shape index (κ3) is 3.60. The fourth-order valence-electron chi connectivity index (χ4n) is 3.17. The van der Waals surface area contributed by atoms with E-state index < -0.39 is 0 Å². The molecule has 0 radical (unpaired) electrons. The summed E-state index contributed by atoms with van der Waals surface area (Å²) >= 11 is 1.29. The van der Waals surface area contributed by atoms with Crippen molar-refractivity contribution in [2.75, 3.05) is 12.4 Å². The molecule has 0 bridgehead atoms. The Bertz CT molecular complexity index is 1380. The molecule has 0 saturated heterocycles. The zero-order valence-electron chi connectivity index (χ0n) is 16.2. The molecule has 152 valence electrons.